The van der Waals surface area contributed by atoms with Crippen LogP contribution < -0.4 is 0 Å². The molecule has 1 radical (unpaired) electrons. The van der Waals surface area contributed by atoms with Gasteiger partial charge < -0.3 is 0 Å². The van der Waals surface area contributed by atoms with Crippen LogP contribution in [0.15, 0.2) is 24.3 Å². The smallest absolute Gasteiger partial charge is 0.00989 e. The van der Waals surface area contributed by atoms with Gasteiger partial charge in [0.2, 0.25) is 0 Å². The summed E-state index contributed by atoms with van der Waals surface area (Å²) in [6, 6.07) is 9.20. The zero-order valence-corrected chi connectivity index (χ0v) is 12.4. The molecule has 1 rings (SSSR count). The lowest BCUT2D eigenvalue weighted by Gasteiger charge is -2.04. The Labute approximate surface area is 119 Å². The number of unbranched alkanes of at least 4 members (excludes halogenated alkanes) is 6. The summed E-state index contributed by atoms with van der Waals surface area (Å²) in [5.74, 6) is 2.45. The number of aryl methyl sites for hydroxylation is 2. The van der Waals surface area contributed by atoms with Crippen molar-refractivity contribution in [3.05, 3.63) is 41.8 Å². The molecule has 1 aromatic rings. The van der Waals surface area contributed by atoms with Gasteiger partial charge in [-0.15, -0.1) is 0 Å². The second kappa shape index (κ2) is 10.7. The van der Waals surface area contributed by atoms with E-state index >= 15 is 0 Å². The molecule has 0 saturated heterocycles. The fourth-order valence-electron chi connectivity index (χ4n) is 2.35. The first-order valence-corrected chi connectivity index (χ1v) is 7.84. The zero-order valence-electron chi connectivity index (χ0n) is 12.4. The predicted molar refractivity (Wildman–Crippen MR) is 83.6 cm³/mol. The molecular formula is C19H27. The Morgan fingerprint density at radius 3 is 1.84 bits per heavy atom. The molecule has 103 valence electrons. The lowest BCUT2D eigenvalue weighted by Crippen LogP contribution is -1.89. The van der Waals surface area contributed by atoms with E-state index in [0.29, 0.717) is 0 Å². The molecule has 0 fully saturated rings. The molecule has 0 aromatic heterocycles. The second-order valence-electron chi connectivity index (χ2n) is 5.36. The van der Waals surface area contributed by atoms with E-state index in [4.69, 9.17) is 6.42 Å². The summed E-state index contributed by atoms with van der Waals surface area (Å²) in [4.78, 5) is 0. The molecule has 19 heavy (non-hydrogen) atoms. The predicted octanol–water partition coefficient (Wildman–Crippen LogP) is 5.50. The van der Waals surface area contributed by atoms with Gasteiger partial charge >= 0.3 is 0 Å². The molecule has 1 aromatic carbocycles. The Morgan fingerprint density at radius 2 is 1.32 bits per heavy atom. The summed E-state index contributed by atoms with van der Waals surface area (Å²) < 4.78 is 0. The number of hydrogen-bond acceptors (Lipinski definition) is 0. The maximum absolute atomic E-state index is 6.85. The molecule has 0 heterocycles. The molecule has 0 N–H and O–H groups in total. The van der Waals surface area contributed by atoms with Crippen molar-refractivity contribution in [3.63, 3.8) is 0 Å². The molecular weight excluding hydrogens is 228 g/mol. The second-order valence-corrected chi connectivity index (χ2v) is 5.36. The molecule has 0 aliphatic carbocycles. The monoisotopic (exact) mass is 255 g/mol. The summed E-state index contributed by atoms with van der Waals surface area (Å²) in [6.07, 6.45) is 19.0. The molecule has 0 aliphatic rings. The van der Waals surface area contributed by atoms with Crippen molar-refractivity contribution in [2.75, 3.05) is 0 Å². The summed E-state index contributed by atoms with van der Waals surface area (Å²) in [6.45, 7) is 2.25. The number of rotatable bonds is 10. The number of benzene rings is 1. The molecule has 0 spiro atoms. The lowest BCUT2D eigenvalue weighted by atomic mass is 10.0. The molecule has 0 heteroatoms. The van der Waals surface area contributed by atoms with E-state index in [2.05, 4.69) is 37.1 Å². The van der Waals surface area contributed by atoms with E-state index in [1.807, 2.05) is 0 Å². The van der Waals surface area contributed by atoms with Crippen LogP contribution in [0, 0.1) is 12.3 Å². The van der Waals surface area contributed by atoms with Crippen LogP contribution in [0.2, 0.25) is 0 Å². The minimum atomic E-state index is 0.826. The highest BCUT2D eigenvalue weighted by Crippen LogP contribution is 2.12. The van der Waals surface area contributed by atoms with E-state index in [-0.39, 0.29) is 0 Å². The molecule has 0 unspecified atom stereocenters. The zero-order chi connectivity index (χ0) is 13.8. The van der Waals surface area contributed by atoms with Crippen LogP contribution in [0.1, 0.15) is 69.4 Å². The summed E-state index contributed by atoms with van der Waals surface area (Å²) in [5, 5.41) is 0. The quantitative estimate of drug-likeness (QED) is 0.382. The normalized spacial score (nSPS) is 10.3. The maximum atomic E-state index is 6.85. The van der Waals surface area contributed by atoms with Crippen LogP contribution in [-0.4, -0.2) is 0 Å². The molecule has 0 bridgehead atoms. The summed E-state index contributed by atoms with van der Waals surface area (Å²) >= 11 is 0. The van der Waals surface area contributed by atoms with Gasteiger partial charge in [0.1, 0.15) is 0 Å². The maximum Gasteiger partial charge on any atom is 0.00989 e. The highest BCUT2D eigenvalue weighted by Gasteiger charge is 1.96. The van der Waals surface area contributed by atoms with Gasteiger partial charge in [0, 0.05) is 6.42 Å². The van der Waals surface area contributed by atoms with Crippen LogP contribution in [0.5, 0.6) is 0 Å². The van der Waals surface area contributed by atoms with Crippen molar-refractivity contribution in [1.29, 1.82) is 0 Å². The largest absolute Gasteiger partial charge is 0.0891 e. The first kappa shape index (κ1) is 15.8. The van der Waals surface area contributed by atoms with Crippen LogP contribution in [-0.2, 0) is 12.8 Å². The third-order valence-electron chi connectivity index (χ3n) is 3.61. The van der Waals surface area contributed by atoms with Crippen molar-refractivity contribution in [2.45, 2.75) is 71.1 Å². The van der Waals surface area contributed by atoms with Crippen molar-refractivity contribution in [3.8, 4) is 5.92 Å². The average molecular weight is 255 g/mol. The first-order valence-electron chi connectivity index (χ1n) is 7.84. The van der Waals surface area contributed by atoms with Gasteiger partial charge in [0.25, 0.3) is 0 Å². The average Bonchev–Trinajstić information content (AvgIpc) is 2.44. The van der Waals surface area contributed by atoms with Gasteiger partial charge in [-0.1, -0.05) is 62.8 Å². The third kappa shape index (κ3) is 7.73. The van der Waals surface area contributed by atoms with E-state index < -0.39 is 0 Å². The highest BCUT2D eigenvalue weighted by molar-refractivity contribution is 5.22. The topological polar surface area (TPSA) is 0 Å². The third-order valence-corrected chi connectivity index (χ3v) is 3.61. The fraction of sp³-hybridized carbons (Fsp3) is 0.579. The Bertz CT molecular complexity index is 353. The van der Waals surface area contributed by atoms with E-state index in [1.54, 1.807) is 0 Å². The molecule has 0 aliphatic heterocycles. The van der Waals surface area contributed by atoms with Crippen LogP contribution in [0.4, 0.5) is 0 Å². The summed E-state index contributed by atoms with van der Waals surface area (Å²) in [5.41, 5.74) is 2.96. The Kier molecular flexibility index (Phi) is 8.90. The van der Waals surface area contributed by atoms with Gasteiger partial charge in [0.05, 0.1) is 0 Å². The van der Waals surface area contributed by atoms with Gasteiger partial charge in [0.15, 0.2) is 0 Å². The molecule has 0 amide bonds. The van der Waals surface area contributed by atoms with Gasteiger partial charge in [-0.2, -0.15) is 0 Å². The van der Waals surface area contributed by atoms with E-state index in [9.17, 15) is 0 Å². The SMILES string of the molecule is [C]#CCCCCCCc1ccc(CCCCC)cc1. The van der Waals surface area contributed by atoms with Crippen molar-refractivity contribution >= 4 is 0 Å². The highest BCUT2D eigenvalue weighted by atomic mass is 14.0. The molecule has 0 atom stereocenters. The van der Waals surface area contributed by atoms with Gasteiger partial charge in [-0.3, -0.25) is 0 Å². The first-order chi connectivity index (χ1) is 9.36. The lowest BCUT2D eigenvalue weighted by molar-refractivity contribution is 0.650. The minimum Gasteiger partial charge on any atom is -0.0891 e. The fourth-order valence-corrected chi connectivity index (χ4v) is 2.35. The number of hydrogen-bond donors (Lipinski definition) is 0. The van der Waals surface area contributed by atoms with Gasteiger partial charge in [-0.25, -0.2) is 0 Å². The minimum absolute atomic E-state index is 0.826. The van der Waals surface area contributed by atoms with Crippen LogP contribution >= 0.6 is 0 Å². The summed E-state index contributed by atoms with van der Waals surface area (Å²) in [7, 11) is 0. The van der Waals surface area contributed by atoms with Crippen LogP contribution in [0.3, 0.4) is 0 Å². The molecule has 0 nitrogen and oxygen atoms in total. The molecule has 0 saturated carbocycles. The Hall–Kier alpha value is -1.22. The van der Waals surface area contributed by atoms with Crippen molar-refractivity contribution in [1.82, 2.24) is 0 Å². The van der Waals surface area contributed by atoms with Crippen LogP contribution in [0.25, 0.3) is 0 Å². The van der Waals surface area contributed by atoms with Crippen molar-refractivity contribution in [2.24, 2.45) is 0 Å². The van der Waals surface area contributed by atoms with Gasteiger partial charge in [-0.05, 0) is 49.7 Å². The Balaban J connectivity index is 2.15. The standard InChI is InChI=1S/C19H27/c1-3-5-7-8-9-11-13-19-16-14-18(15-17-19)12-10-6-4-2/h14-17H,4-13H2,2H3. The van der Waals surface area contributed by atoms with Crippen molar-refractivity contribution < 1.29 is 0 Å². The van der Waals surface area contributed by atoms with E-state index in [0.717, 1.165) is 12.8 Å². The Morgan fingerprint density at radius 1 is 0.789 bits per heavy atom. The van der Waals surface area contributed by atoms with E-state index in [1.165, 1.54) is 62.5 Å².